The van der Waals surface area contributed by atoms with Crippen LogP contribution in [0.15, 0.2) is 42.5 Å². The summed E-state index contributed by atoms with van der Waals surface area (Å²) in [4.78, 5) is 12.1. The van der Waals surface area contributed by atoms with Crippen molar-refractivity contribution in [2.75, 3.05) is 17.2 Å². The Labute approximate surface area is 121 Å². The molecule has 1 aliphatic rings. The van der Waals surface area contributed by atoms with Crippen molar-refractivity contribution in [2.45, 2.75) is 12.3 Å². The summed E-state index contributed by atoms with van der Waals surface area (Å²) in [6, 6.07) is 11.7. The van der Waals surface area contributed by atoms with Crippen molar-refractivity contribution in [3.8, 4) is 5.75 Å². The van der Waals surface area contributed by atoms with Crippen molar-refractivity contribution in [3.05, 3.63) is 53.8 Å². The molecule has 1 heterocycles. The molecule has 0 bridgehead atoms. The van der Waals surface area contributed by atoms with Gasteiger partial charge in [-0.15, -0.1) is 0 Å². The molecule has 0 aliphatic carbocycles. The Bertz CT molecular complexity index is 688. The number of aromatic hydroxyl groups is 1. The van der Waals surface area contributed by atoms with Crippen LogP contribution in [0.4, 0.5) is 15.8 Å². The number of halogens is 1. The zero-order chi connectivity index (χ0) is 14.8. The first-order chi connectivity index (χ1) is 10.1. The van der Waals surface area contributed by atoms with E-state index in [-0.39, 0.29) is 11.8 Å². The number of anilines is 2. The Morgan fingerprint density at radius 2 is 2.14 bits per heavy atom. The van der Waals surface area contributed by atoms with Crippen molar-refractivity contribution in [3.63, 3.8) is 0 Å². The summed E-state index contributed by atoms with van der Waals surface area (Å²) in [7, 11) is 0. The van der Waals surface area contributed by atoms with Crippen LogP contribution in [0.5, 0.6) is 5.75 Å². The Morgan fingerprint density at radius 1 is 1.33 bits per heavy atom. The van der Waals surface area contributed by atoms with Gasteiger partial charge in [0, 0.05) is 36.3 Å². The van der Waals surface area contributed by atoms with E-state index in [1.165, 1.54) is 12.1 Å². The van der Waals surface area contributed by atoms with Gasteiger partial charge < -0.3 is 15.7 Å². The van der Waals surface area contributed by atoms with Gasteiger partial charge in [-0.25, -0.2) is 4.39 Å². The van der Waals surface area contributed by atoms with E-state index in [1.807, 2.05) is 24.3 Å². The highest BCUT2D eigenvalue weighted by atomic mass is 19.1. The van der Waals surface area contributed by atoms with E-state index >= 15 is 0 Å². The number of para-hydroxylation sites is 1. The van der Waals surface area contributed by atoms with Gasteiger partial charge in [0.15, 0.2) is 11.6 Å². The van der Waals surface area contributed by atoms with Gasteiger partial charge in [-0.2, -0.15) is 0 Å². The number of hydrogen-bond donors (Lipinski definition) is 3. The van der Waals surface area contributed by atoms with Crippen LogP contribution in [0.3, 0.4) is 0 Å². The maximum atomic E-state index is 13.2. The summed E-state index contributed by atoms with van der Waals surface area (Å²) < 4.78 is 13.2. The Morgan fingerprint density at radius 3 is 2.95 bits per heavy atom. The fourth-order valence-corrected chi connectivity index (χ4v) is 2.56. The highest BCUT2D eigenvalue weighted by molar-refractivity contribution is 5.91. The van der Waals surface area contributed by atoms with E-state index in [4.69, 9.17) is 5.11 Å². The Hall–Kier alpha value is -2.56. The van der Waals surface area contributed by atoms with Crippen LogP contribution in [0, 0.1) is 5.82 Å². The first-order valence-corrected chi connectivity index (χ1v) is 6.74. The second-order valence-corrected chi connectivity index (χ2v) is 5.08. The first-order valence-electron chi connectivity index (χ1n) is 6.74. The number of carbonyl (C=O) groups is 1. The Kier molecular flexibility index (Phi) is 3.48. The predicted molar refractivity (Wildman–Crippen MR) is 79.0 cm³/mol. The fourth-order valence-electron chi connectivity index (χ4n) is 2.56. The van der Waals surface area contributed by atoms with Crippen LogP contribution < -0.4 is 10.6 Å². The zero-order valence-electron chi connectivity index (χ0n) is 11.3. The minimum Gasteiger partial charge on any atom is -0.505 e. The molecule has 1 amide bonds. The van der Waals surface area contributed by atoms with Crippen molar-refractivity contribution in [2.24, 2.45) is 0 Å². The average Bonchev–Trinajstić information content (AvgIpc) is 2.86. The summed E-state index contributed by atoms with van der Waals surface area (Å²) in [6.07, 6.45) is 0.326. The highest BCUT2D eigenvalue weighted by Crippen LogP contribution is 2.33. The summed E-state index contributed by atoms with van der Waals surface area (Å²) >= 11 is 0. The second-order valence-electron chi connectivity index (χ2n) is 5.08. The lowest BCUT2D eigenvalue weighted by Crippen LogP contribution is -2.16. The minimum atomic E-state index is -0.749. The maximum Gasteiger partial charge on any atom is 0.225 e. The number of rotatable bonds is 3. The smallest absolute Gasteiger partial charge is 0.225 e. The van der Waals surface area contributed by atoms with Gasteiger partial charge in [0.05, 0.1) is 0 Å². The van der Waals surface area contributed by atoms with Gasteiger partial charge in [-0.05, 0) is 23.8 Å². The third kappa shape index (κ3) is 2.81. The standard InChI is InChI=1S/C16H15FN2O2/c17-13-8-11(5-6-15(13)20)19-16(21)7-10-9-18-14-4-2-1-3-12(10)14/h1-6,8,10,18,20H,7,9H2,(H,19,21). The molecule has 108 valence electrons. The molecule has 1 aliphatic heterocycles. The van der Waals surface area contributed by atoms with Crippen molar-refractivity contribution in [1.29, 1.82) is 0 Å². The van der Waals surface area contributed by atoms with Gasteiger partial charge in [-0.1, -0.05) is 18.2 Å². The molecule has 3 N–H and O–H groups in total. The van der Waals surface area contributed by atoms with Gasteiger partial charge in [0.1, 0.15) is 0 Å². The number of phenolic OH excluding ortho intramolecular Hbond substituents is 1. The fraction of sp³-hybridized carbons (Fsp3) is 0.188. The van der Waals surface area contributed by atoms with Gasteiger partial charge in [-0.3, -0.25) is 4.79 Å². The highest BCUT2D eigenvalue weighted by Gasteiger charge is 2.24. The summed E-state index contributed by atoms with van der Waals surface area (Å²) in [5, 5.41) is 15.0. The maximum absolute atomic E-state index is 13.2. The van der Waals surface area contributed by atoms with E-state index < -0.39 is 11.6 Å². The number of amides is 1. The monoisotopic (exact) mass is 286 g/mol. The van der Waals surface area contributed by atoms with Gasteiger partial charge in [0.2, 0.25) is 5.91 Å². The van der Waals surface area contributed by atoms with Gasteiger partial charge >= 0.3 is 0 Å². The summed E-state index contributed by atoms with van der Waals surface area (Å²) in [5.74, 6) is -1.24. The largest absolute Gasteiger partial charge is 0.505 e. The molecule has 3 rings (SSSR count). The number of nitrogens with one attached hydrogen (secondary N) is 2. The molecule has 1 atom stereocenters. The van der Waals surface area contributed by atoms with Crippen molar-refractivity contribution < 1.29 is 14.3 Å². The normalized spacial score (nSPS) is 16.1. The lowest BCUT2D eigenvalue weighted by molar-refractivity contribution is -0.116. The van der Waals surface area contributed by atoms with E-state index in [0.717, 1.165) is 23.9 Å². The quantitative estimate of drug-likeness (QED) is 0.760. The molecule has 2 aromatic rings. The molecule has 0 saturated carbocycles. The van der Waals surface area contributed by atoms with E-state index in [9.17, 15) is 9.18 Å². The van der Waals surface area contributed by atoms with Crippen molar-refractivity contribution >= 4 is 17.3 Å². The van der Waals surface area contributed by atoms with Crippen LogP contribution in [-0.4, -0.2) is 17.6 Å². The third-order valence-electron chi connectivity index (χ3n) is 3.60. The predicted octanol–water partition coefficient (Wildman–Crippen LogP) is 3.07. The molecule has 0 fully saturated rings. The molecule has 4 nitrogen and oxygen atoms in total. The molecule has 0 spiro atoms. The third-order valence-corrected chi connectivity index (χ3v) is 3.60. The topological polar surface area (TPSA) is 61.4 Å². The van der Waals surface area contributed by atoms with Crippen LogP contribution in [0.1, 0.15) is 17.9 Å². The van der Waals surface area contributed by atoms with Gasteiger partial charge in [0.25, 0.3) is 0 Å². The number of benzene rings is 2. The molecule has 5 heteroatoms. The van der Waals surface area contributed by atoms with E-state index in [2.05, 4.69) is 10.6 Å². The van der Waals surface area contributed by atoms with Crippen LogP contribution in [0.2, 0.25) is 0 Å². The van der Waals surface area contributed by atoms with Crippen LogP contribution in [0.25, 0.3) is 0 Å². The molecule has 0 saturated heterocycles. The van der Waals surface area contributed by atoms with E-state index in [0.29, 0.717) is 12.1 Å². The number of hydrogen-bond acceptors (Lipinski definition) is 3. The zero-order valence-corrected chi connectivity index (χ0v) is 11.3. The molecule has 0 radical (unpaired) electrons. The lowest BCUT2D eigenvalue weighted by atomic mass is 9.97. The SMILES string of the molecule is O=C(CC1CNc2ccccc21)Nc1ccc(O)c(F)c1. The number of carbonyl (C=O) groups excluding carboxylic acids is 1. The average molecular weight is 286 g/mol. The second kappa shape index (κ2) is 5.44. The molecular formula is C16H15FN2O2. The molecular weight excluding hydrogens is 271 g/mol. The summed E-state index contributed by atoms with van der Waals surface area (Å²) in [5.41, 5.74) is 2.53. The van der Waals surface area contributed by atoms with Crippen LogP contribution >= 0.6 is 0 Å². The summed E-state index contributed by atoms with van der Waals surface area (Å²) in [6.45, 7) is 0.719. The number of fused-ring (bicyclic) bond motifs is 1. The first kappa shape index (κ1) is 13.4. The Balaban J connectivity index is 1.66. The minimum absolute atomic E-state index is 0.114. The lowest BCUT2D eigenvalue weighted by Gasteiger charge is -2.11. The van der Waals surface area contributed by atoms with Crippen LogP contribution in [-0.2, 0) is 4.79 Å². The van der Waals surface area contributed by atoms with Crippen molar-refractivity contribution in [1.82, 2.24) is 0 Å². The number of phenols is 1. The molecule has 0 aromatic heterocycles. The molecule has 2 aromatic carbocycles. The van der Waals surface area contributed by atoms with E-state index in [1.54, 1.807) is 0 Å². The molecule has 1 unspecified atom stereocenters. The molecule has 21 heavy (non-hydrogen) atoms.